The monoisotopic (exact) mass is 349 g/mol. The highest BCUT2D eigenvalue weighted by atomic mass is 32.2. The normalized spacial score (nSPS) is 11.9. The minimum absolute atomic E-state index is 0.132. The minimum atomic E-state index is -3.52. The van der Waals surface area contributed by atoms with E-state index in [1.165, 1.54) is 16.0 Å². The third-order valence-electron chi connectivity index (χ3n) is 3.99. The van der Waals surface area contributed by atoms with Crippen LogP contribution in [0.4, 0.5) is 0 Å². The van der Waals surface area contributed by atoms with Crippen molar-refractivity contribution in [3.05, 3.63) is 47.3 Å². The Kier molecular flexibility index (Phi) is 5.56. The Bertz CT molecular complexity index is 804. The van der Waals surface area contributed by atoms with Gasteiger partial charge in [-0.1, -0.05) is 17.7 Å². The third kappa shape index (κ3) is 4.10. The van der Waals surface area contributed by atoms with E-state index in [0.717, 1.165) is 16.8 Å². The van der Waals surface area contributed by atoms with Gasteiger partial charge in [-0.3, -0.25) is 4.79 Å². The molecule has 2 aromatic rings. The van der Waals surface area contributed by atoms with E-state index in [1.807, 2.05) is 20.8 Å². The summed E-state index contributed by atoms with van der Waals surface area (Å²) in [6.07, 6.45) is 2.39. The van der Waals surface area contributed by atoms with Gasteiger partial charge in [0.2, 0.25) is 15.9 Å². The molecule has 0 N–H and O–H groups in total. The Labute approximate surface area is 143 Å². The molecule has 0 radical (unpaired) electrons. The van der Waals surface area contributed by atoms with Crippen LogP contribution in [0.25, 0.3) is 0 Å². The molecule has 0 fully saturated rings. The first-order valence-electron chi connectivity index (χ1n) is 7.81. The summed E-state index contributed by atoms with van der Waals surface area (Å²) in [4.78, 5) is 12.3. The first-order valence-corrected chi connectivity index (χ1v) is 9.25. The van der Waals surface area contributed by atoms with Gasteiger partial charge in [0.25, 0.3) is 0 Å². The number of rotatable bonds is 6. The molecule has 0 aliphatic rings. The lowest BCUT2D eigenvalue weighted by Gasteiger charge is -2.17. The first kappa shape index (κ1) is 18.4. The van der Waals surface area contributed by atoms with Crippen LogP contribution in [0.2, 0.25) is 0 Å². The second-order valence-electron chi connectivity index (χ2n) is 5.98. The highest BCUT2D eigenvalue weighted by molar-refractivity contribution is 7.89. The molecule has 1 aromatic heterocycles. The van der Waals surface area contributed by atoms with Gasteiger partial charge in [-0.15, -0.1) is 0 Å². The highest BCUT2D eigenvalue weighted by Gasteiger charge is 2.20. The molecule has 0 saturated heterocycles. The van der Waals surface area contributed by atoms with Crippen LogP contribution >= 0.6 is 0 Å². The molecule has 2 rings (SSSR count). The van der Waals surface area contributed by atoms with E-state index < -0.39 is 10.0 Å². The molecule has 7 heteroatoms. The Hall–Kier alpha value is -1.99. The van der Waals surface area contributed by atoms with Gasteiger partial charge in [0.1, 0.15) is 0 Å². The van der Waals surface area contributed by atoms with Gasteiger partial charge in [0, 0.05) is 26.2 Å². The topological polar surface area (TPSA) is 72.3 Å². The number of hydrogen-bond donors (Lipinski definition) is 0. The Morgan fingerprint density at radius 1 is 1.17 bits per heavy atom. The summed E-state index contributed by atoms with van der Waals surface area (Å²) >= 11 is 0. The summed E-state index contributed by atoms with van der Waals surface area (Å²) < 4.78 is 27.5. The number of aryl methyl sites for hydroxylation is 3. The van der Waals surface area contributed by atoms with Crippen LogP contribution in [0.15, 0.2) is 35.4 Å². The van der Waals surface area contributed by atoms with E-state index in [2.05, 4.69) is 5.10 Å². The lowest BCUT2D eigenvalue weighted by Crippen LogP contribution is -2.28. The van der Waals surface area contributed by atoms with Crippen LogP contribution in [0, 0.1) is 20.8 Å². The molecule has 0 unspecified atom stereocenters. The molecule has 24 heavy (non-hydrogen) atoms. The zero-order valence-corrected chi connectivity index (χ0v) is 15.3. The minimum Gasteiger partial charge on any atom is -0.273 e. The summed E-state index contributed by atoms with van der Waals surface area (Å²) in [6, 6.07) is 6.74. The molecule has 1 aromatic carbocycles. The van der Waals surface area contributed by atoms with Crippen molar-refractivity contribution in [2.45, 2.75) is 38.5 Å². The van der Waals surface area contributed by atoms with Gasteiger partial charge in [-0.05, 0) is 44.9 Å². The van der Waals surface area contributed by atoms with E-state index in [1.54, 1.807) is 30.5 Å². The number of hydrogen-bond acceptors (Lipinski definition) is 4. The lowest BCUT2D eigenvalue weighted by molar-refractivity contribution is 0.0882. The zero-order valence-electron chi connectivity index (χ0n) is 14.5. The number of nitrogens with zero attached hydrogens (tertiary/aromatic N) is 3. The smallest absolute Gasteiger partial charge is 0.246 e. The highest BCUT2D eigenvalue weighted by Crippen LogP contribution is 2.15. The molecule has 0 amide bonds. The van der Waals surface area contributed by atoms with Crippen LogP contribution in [0.5, 0.6) is 0 Å². The van der Waals surface area contributed by atoms with Gasteiger partial charge in [-0.25, -0.2) is 17.4 Å². The van der Waals surface area contributed by atoms with E-state index in [-0.39, 0.29) is 23.8 Å². The maximum atomic E-state index is 12.5. The fourth-order valence-electron chi connectivity index (χ4n) is 2.25. The largest absolute Gasteiger partial charge is 0.273 e. The molecule has 0 spiro atoms. The van der Waals surface area contributed by atoms with Crippen LogP contribution in [-0.4, -0.2) is 42.0 Å². The maximum absolute atomic E-state index is 12.5. The molecule has 6 nitrogen and oxygen atoms in total. The maximum Gasteiger partial charge on any atom is 0.246 e. The van der Waals surface area contributed by atoms with E-state index in [0.29, 0.717) is 6.42 Å². The van der Waals surface area contributed by atoms with Crippen molar-refractivity contribution in [3.8, 4) is 0 Å². The summed E-state index contributed by atoms with van der Waals surface area (Å²) in [5.41, 5.74) is 2.79. The standard InChI is InChI=1S/C17H23N3O3S/c1-13-7-9-16(10-8-13)24(22,23)19(4)11-5-6-17(21)20-12-14(2)15(3)18-20/h7-10,12H,5-6,11H2,1-4H3. The quantitative estimate of drug-likeness (QED) is 0.803. The van der Waals surface area contributed by atoms with Gasteiger partial charge in [-0.2, -0.15) is 5.10 Å². The predicted molar refractivity (Wildman–Crippen MR) is 92.6 cm³/mol. The van der Waals surface area contributed by atoms with Gasteiger partial charge in [0.05, 0.1) is 10.6 Å². The van der Waals surface area contributed by atoms with Gasteiger partial charge < -0.3 is 0 Å². The molecule has 130 valence electrons. The van der Waals surface area contributed by atoms with Crippen LogP contribution in [-0.2, 0) is 10.0 Å². The molecule has 0 aliphatic carbocycles. The van der Waals surface area contributed by atoms with E-state index in [4.69, 9.17) is 0 Å². The fourth-order valence-corrected chi connectivity index (χ4v) is 3.46. The summed E-state index contributed by atoms with van der Waals surface area (Å²) in [7, 11) is -1.99. The van der Waals surface area contributed by atoms with Crippen LogP contribution < -0.4 is 0 Å². The molecule has 0 bridgehead atoms. The Morgan fingerprint density at radius 2 is 1.79 bits per heavy atom. The Morgan fingerprint density at radius 3 is 2.33 bits per heavy atom. The molecular weight excluding hydrogens is 326 g/mol. The molecular formula is C17H23N3O3S. The van der Waals surface area contributed by atoms with Crippen molar-refractivity contribution >= 4 is 15.9 Å². The SMILES string of the molecule is Cc1ccc(S(=O)(=O)N(C)CCCC(=O)n2cc(C)c(C)n2)cc1. The fraction of sp³-hybridized carbons (Fsp3) is 0.412. The van der Waals surface area contributed by atoms with E-state index >= 15 is 0 Å². The zero-order chi connectivity index (χ0) is 17.9. The van der Waals surface area contributed by atoms with Crippen LogP contribution in [0.1, 0.15) is 34.5 Å². The first-order chi connectivity index (χ1) is 11.2. The average molecular weight is 349 g/mol. The van der Waals surface area contributed by atoms with Gasteiger partial charge >= 0.3 is 0 Å². The summed E-state index contributed by atoms with van der Waals surface area (Å²) in [6.45, 7) is 5.93. The third-order valence-corrected chi connectivity index (χ3v) is 5.86. The van der Waals surface area contributed by atoms with Gasteiger partial charge in [0.15, 0.2) is 0 Å². The number of benzene rings is 1. The van der Waals surface area contributed by atoms with Crippen molar-refractivity contribution in [3.63, 3.8) is 0 Å². The molecule has 1 heterocycles. The van der Waals surface area contributed by atoms with Crippen molar-refractivity contribution < 1.29 is 13.2 Å². The van der Waals surface area contributed by atoms with E-state index in [9.17, 15) is 13.2 Å². The molecule has 0 saturated carbocycles. The molecule has 0 atom stereocenters. The van der Waals surface area contributed by atoms with Crippen molar-refractivity contribution in [1.29, 1.82) is 0 Å². The van der Waals surface area contributed by atoms with Crippen LogP contribution in [0.3, 0.4) is 0 Å². The second-order valence-corrected chi connectivity index (χ2v) is 8.02. The second kappa shape index (κ2) is 7.27. The average Bonchev–Trinajstić information content (AvgIpc) is 2.87. The summed E-state index contributed by atoms with van der Waals surface area (Å²) in [5, 5.41) is 4.15. The summed E-state index contributed by atoms with van der Waals surface area (Å²) in [5.74, 6) is -0.132. The van der Waals surface area contributed by atoms with Crippen molar-refractivity contribution in [1.82, 2.24) is 14.1 Å². The number of carbonyl (C=O) groups is 1. The molecule has 0 aliphatic heterocycles. The van der Waals surface area contributed by atoms with Crippen molar-refractivity contribution in [2.75, 3.05) is 13.6 Å². The number of carbonyl (C=O) groups excluding carboxylic acids is 1. The number of sulfonamides is 1. The van der Waals surface area contributed by atoms with Crippen molar-refractivity contribution in [2.24, 2.45) is 0 Å². The Balaban J connectivity index is 1.93. The number of aromatic nitrogens is 2. The lowest BCUT2D eigenvalue weighted by atomic mass is 10.2. The predicted octanol–water partition coefficient (Wildman–Crippen LogP) is 2.55.